The molecule has 5 rings (SSSR count). The van der Waals surface area contributed by atoms with Gasteiger partial charge in [-0.3, -0.25) is 19.3 Å². The van der Waals surface area contributed by atoms with E-state index in [-0.39, 0.29) is 30.2 Å². The molecule has 0 saturated carbocycles. The van der Waals surface area contributed by atoms with Crippen molar-refractivity contribution >= 4 is 34.0 Å². The lowest BCUT2D eigenvalue weighted by Gasteiger charge is -2.29. The number of carbonyl (C=O) groups is 2. The number of fused-ring (bicyclic) bond motifs is 2. The molecule has 0 spiro atoms. The molecule has 0 saturated heterocycles. The summed E-state index contributed by atoms with van der Waals surface area (Å²) in [5, 5.41) is 8.10. The first-order chi connectivity index (χ1) is 15.1. The number of hydrogen-bond acceptors (Lipinski definition) is 4. The second kappa shape index (κ2) is 7.53. The maximum Gasteiger partial charge on any atom is 0.279 e. The minimum atomic E-state index is -0.430. The van der Waals surface area contributed by atoms with E-state index >= 15 is 0 Å². The van der Waals surface area contributed by atoms with Crippen molar-refractivity contribution in [2.75, 3.05) is 16.8 Å². The molecule has 7 nitrogen and oxygen atoms in total. The first-order valence-electron chi connectivity index (χ1n) is 9.86. The van der Waals surface area contributed by atoms with Gasteiger partial charge in [-0.2, -0.15) is 5.10 Å². The Morgan fingerprint density at radius 3 is 2.35 bits per heavy atom. The molecule has 152 valence electrons. The monoisotopic (exact) mass is 410 g/mol. The van der Waals surface area contributed by atoms with Crippen LogP contribution in [0.5, 0.6) is 0 Å². The third-order valence-corrected chi connectivity index (χ3v) is 5.26. The molecule has 1 aliphatic heterocycles. The van der Waals surface area contributed by atoms with Gasteiger partial charge in [-0.05, 0) is 23.8 Å². The van der Waals surface area contributed by atoms with Gasteiger partial charge in [0.2, 0.25) is 5.91 Å². The van der Waals surface area contributed by atoms with Crippen molar-refractivity contribution < 1.29 is 9.59 Å². The van der Waals surface area contributed by atoms with Crippen molar-refractivity contribution in [1.82, 2.24) is 9.78 Å². The number of nitrogens with one attached hydrogen (secondary N) is 1. The summed E-state index contributed by atoms with van der Waals surface area (Å²) in [6, 6.07) is 23.5. The number of carbonyl (C=O) groups excluding carboxylic acids is 2. The van der Waals surface area contributed by atoms with Gasteiger partial charge in [-0.25, -0.2) is 4.68 Å². The van der Waals surface area contributed by atoms with Crippen molar-refractivity contribution in [3.8, 4) is 0 Å². The van der Waals surface area contributed by atoms with Crippen molar-refractivity contribution in [3.63, 3.8) is 0 Å². The van der Waals surface area contributed by atoms with Gasteiger partial charge < -0.3 is 5.32 Å². The number of rotatable bonds is 3. The molecular formula is C24H18N4O3. The first kappa shape index (κ1) is 18.7. The third kappa shape index (κ3) is 3.36. The van der Waals surface area contributed by atoms with Crippen LogP contribution in [0.25, 0.3) is 10.8 Å². The molecular weight excluding hydrogens is 392 g/mol. The van der Waals surface area contributed by atoms with Gasteiger partial charge in [0.05, 0.1) is 23.3 Å². The van der Waals surface area contributed by atoms with Gasteiger partial charge in [-0.15, -0.1) is 0 Å². The highest BCUT2D eigenvalue weighted by atomic mass is 16.2. The minimum Gasteiger partial charge on any atom is -0.323 e. The summed E-state index contributed by atoms with van der Waals surface area (Å²) < 4.78 is 1.31. The summed E-state index contributed by atoms with van der Waals surface area (Å²) >= 11 is 0. The van der Waals surface area contributed by atoms with Crippen molar-refractivity contribution in [1.29, 1.82) is 0 Å². The Morgan fingerprint density at radius 1 is 0.871 bits per heavy atom. The van der Waals surface area contributed by atoms with Crippen LogP contribution >= 0.6 is 0 Å². The largest absolute Gasteiger partial charge is 0.323 e. The van der Waals surface area contributed by atoms with E-state index in [1.54, 1.807) is 48.5 Å². The maximum absolute atomic E-state index is 13.6. The van der Waals surface area contributed by atoms with E-state index in [9.17, 15) is 14.4 Å². The highest BCUT2D eigenvalue weighted by Gasteiger charge is 2.30. The SMILES string of the molecule is O=C1CN(C(=O)c2nn(Cc3ccccc3)c(=O)c3ccccc23)c2ccccc2N1. The average molecular weight is 410 g/mol. The molecule has 1 N–H and O–H groups in total. The molecule has 0 unspecified atom stereocenters. The zero-order valence-electron chi connectivity index (χ0n) is 16.5. The second-order valence-electron chi connectivity index (χ2n) is 7.30. The molecule has 1 aromatic heterocycles. The molecule has 2 amide bonds. The van der Waals surface area contributed by atoms with Gasteiger partial charge in [0.15, 0.2) is 5.69 Å². The molecule has 0 bridgehead atoms. The van der Waals surface area contributed by atoms with Crippen LogP contribution in [0.1, 0.15) is 16.1 Å². The minimum absolute atomic E-state index is 0.121. The summed E-state index contributed by atoms with van der Waals surface area (Å²) in [7, 11) is 0. The first-order valence-corrected chi connectivity index (χ1v) is 9.86. The Labute approximate surface area is 177 Å². The van der Waals surface area contributed by atoms with E-state index in [0.29, 0.717) is 22.1 Å². The molecule has 3 aromatic carbocycles. The summed E-state index contributed by atoms with van der Waals surface area (Å²) in [4.78, 5) is 40.3. The number of aromatic nitrogens is 2. The van der Waals surface area contributed by atoms with E-state index in [0.717, 1.165) is 5.56 Å². The van der Waals surface area contributed by atoms with Crippen molar-refractivity contribution in [3.05, 3.63) is 100 Å². The zero-order valence-corrected chi connectivity index (χ0v) is 16.5. The summed E-state index contributed by atoms with van der Waals surface area (Å²) in [5.74, 6) is -0.714. The van der Waals surface area contributed by atoms with Crippen LogP contribution in [0.15, 0.2) is 83.7 Å². The summed E-state index contributed by atoms with van der Waals surface area (Å²) in [6.07, 6.45) is 0. The summed E-state index contributed by atoms with van der Waals surface area (Å²) in [5.41, 5.74) is 1.92. The Bertz CT molecular complexity index is 1380. The predicted molar refractivity (Wildman–Crippen MR) is 118 cm³/mol. The van der Waals surface area contributed by atoms with Gasteiger partial charge >= 0.3 is 0 Å². The lowest BCUT2D eigenvalue weighted by atomic mass is 10.1. The lowest BCUT2D eigenvalue weighted by Crippen LogP contribution is -2.43. The van der Waals surface area contributed by atoms with Gasteiger partial charge in [0, 0.05) is 5.39 Å². The topological polar surface area (TPSA) is 84.3 Å². The molecule has 0 aliphatic carbocycles. The molecule has 0 radical (unpaired) electrons. The lowest BCUT2D eigenvalue weighted by molar-refractivity contribution is -0.115. The number of hydrogen-bond donors (Lipinski definition) is 1. The number of anilines is 2. The smallest absolute Gasteiger partial charge is 0.279 e. The van der Waals surface area contributed by atoms with Crippen LogP contribution in [0.2, 0.25) is 0 Å². The molecule has 0 fully saturated rings. The van der Waals surface area contributed by atoms with Crippen LogP contribution < -0.4 is 15.8 Å². The van der Waals surface area contributed by atoms with E-state index in [1.165, 1.54) is 9.58 Å². The van der Waals surface area contributed by atoms with E-state index in [1.807, 2.05) is 30.3 Å². The fourth-order valence-corrected chi connectivity index (χ4v) is 3.80. The molecule has 2 heterocycles. The van der Waals surface area contributed by atoms with Crippen LogP contribution in [-0.2, 0) is 11.3 Å². The molecule has 7 heteroatoms. The van der Waals surface area contributed by atoms with Crippen molar-refractivity contribution in [2.24, 2.45) is 0 Å². The highest BCUT2D eigenvalue weighted by molar-refractivity contribution is 6.18. The quantitative estimate of drug-likeness (QED) is 0.563. The van der Waals surface area contributed by atoms with E-state index < -0.39 is 5.91 Å². The van der Waals surface area contributed by atoms with Crippen LogP contribution in [-0.4, -0.2) is 28.1 Å². The number of para-hydroxylation sites is 2. The average Bonchev–Trinajstić information content (AvgIpc) is 2.80. The van der Waals surface area contributed by atoms with E-state index in [2.05, 4.69) is 10.4 Å². The van der Waals surface area contributed by atoms with Gasteiger partial charge in [-0.1, -0.05) is 60.7 Å². The van der Waals surface area contributed by atoms with Crippen LogP contribution in [0, 0.1) is 0 Å². The fraction of sp³-hybridized carbons (Fsp3) is 0.0833. The Balaban J connectivity index is 1.66. The standard InChI is InChI=1S/C24H18N4O3/c29-21-15-27(20-13-7-6-12-19(20)25-21)24(31)22-17-10-4-5-11-18(17)23(30)28(26-22)14-16-8-2-1-3-9-16/h1-13H,14-15H2,(H,25,29). The maximum atomic E-state index is 13.6. The second-order valence-corrected chi connectivity index (χ2v) is 7.30. The van der Waals surface area contributed by atoms with Gasteiger partial charge in [0.25, 0.3) is 11.5 Å². The number of amides is 2. The van der Waals surface area contributed by atoms with Crippen LogP contribution in [0.4, 0.5) is 11.4 Å². The molecule has 31 heavy (non-hydrogen) atoms. The Morgan fingerprint density at radius 2 is 1.55 bits per heavy atom. The molecule has 1 aliphatic rings. The normalized spacial score (nSPS) is 13.0. The van der Waals surface area contributed by atoms with Crippen molar-refractivity contribution in [2.45, 2.75) is 6.54 Å². The number of benzene rings is 3. The number of nitrogens with zero attached hydrogens (tertiary/aromatic N) is 3. The third-order valence-electron chi connectivity index (χ3n) is 5.26. The molecule has 4 aromatic rings. The fourth-order valence-electron chi connectivity index (χ4n) is 3.80. The highest BCUT2D eigenvalue weighted by Crippen LogP contribution is 2.30. The molecule has 0 atom stereocenters. The van der Waals surface area contributed by atoms with Crippen LogP contribution in [0.3, 0.4) is 0 Å². The zero-order chi connectivity index (χ0) is 21.4. The van der Waals surface area contributed by atoms with Gasteiger partial charge in [0.1, 0.15) is 6.54 Å². The Hall–Kier alpha value is -4.26. The summed E-state index contributed by atoms with van der Waals surface area (Å²) in [6.45, 7) is 0.117. The Kier molecular flexibility index (Phi) is 4.55. The predicted octanol–water partition coefficient (Wildman–Crippen LogP) is 3.04. The van der Waals surface area contributed by atoms with E-state index in [4.69, 9.17) is 0 Å².